The van der Waals surface area contributed by atoms with E-state index in [0.29, 0.717) is 79.2 Å². The van der Waals surface area contributed by atoms with E-state index in [1.165, 1.54) is 0 Å². The van der Waals surface area contributed by atoms with Crippen molar-refractivity contribution in [3.8, 4) is 24.7 Å². The lowest BCUT2D eigenvalue weighted by molar-refractivity contribution is -0.134. The largest absolute Gasteiger partial charge is 0.465 e. The summed E-state index contributed by atoms with van der Waals surface area (Å²) in [6, 6.07) is 0. The Balaban J connectivity index is 4.09. The average molecular weight is 517 g/mol. The first-order valence-corrected chi connectivity index (χ1v) is 11.8. The molecule has 0 spiro atoms. The Kier molecular flexibility index (Phi) is 25.3. The predicted molar refractivity (Wildman–Crippen MR) is 131 cm³/mol. The molecule has 2 amide bonds. The molecule has 12 heteroatoms. The quantitative estimate of drug-likeness (QED) is 0.118. The maximum absolute atomic E-state index is 12.6. The summed E-state index contributed by atoms with van der Waals surface area (Å²) in [4.78, 5) is 24.6. The van der Waals surface area contributed by atoms with E-state index in [1.54, 1.807) is 4.90 Å². The molecule has 206 valence electrons. The standard InChI is InChI=1S/C24H40N2O10/c1-3-9-30-15-19-35-21-17-33-13-7-26(23(27)5-11-32-12-6-25-24(28)29)8-14-34-18-22-36-20-16-31-10-4-2/h1-2,25H,5-22H2,(H,28,29). The number of carbonyl (C=O) groups is 2. The highest BCUT2D eigenvalue weighted by molar-refractivity contribution is 5.76. The van der Waals surface area contributed by atoms with Crippen LogP contribution < -0.4 is 5.32 Å². The summed E-state index contributed by atoms with van der Waals surface area (Å²) in [7, 11) is 0. The smallest absolute Gasteiger partial charge is 0.404 e. The van der Waals surface area contributed by atoms with Crippen molar-refractivity contribution in [2.45, 2.75) is 6.42 Å². The van der Waals surface area contributed by atoms with E-state index in [9.17, 15) is 9.59 Å². The van der Waals surface area contributed by atoms with Crippen LogP contribution in [0.25, 0.3) is 0 Å². The van der Waals surface area contributed by atoms with Gasteiger partial charge in [-0.25, -0.2) is 4.79 Å². The third-order valence-electron chi connectivity index (χ3n) is 4.21. The summed E-state index contributed by atoms with van der Waals surface area (Å²) in [5.74, 6) is 4.64. The molecule has 0 heterocycles. The van der Waals surface area contributed by atoms with Crippen LogP contribution in [0.4, 0.5) is 4.79 Å². The fourth-order valence-electron chi connectivity index (χ4n) is 2.50. The first kappa shape index (κ1) is 33.6. The highest BCUT2D eigenvalue weighted by atomic mass is 16.5. The van der Waals surface area contributed by atoms with Crippen molar-refractivity contribution in [2.75, 3.05) is 112 Å². The normalized spacial score (nSPS) is 10.5. The second kappa shape index (κ2) is 27.2. The van der Waals surface area contributed by atoms with Gasteiger partial charge in [0.2, 0.25) is 5.91 Å². The molecule has 0 aromatic carbocycles. The van der Waals surface area contributed by atoms with E-state index in [1.807, 2.05) is 0 Å². The highest BCUT2D eigenvalue weighted by Crippen LogP contribution is 1.97. The van der Waals surface area contributed by atoms with Gasteiger partial charge in [-0.2, -0.15) is 0 Å². The first-order chi connectivity index (χ1) is 17.6. The summed E-state index contributed by atoms with van der Waals surface area (Å²) >= 11 is 0. The molecule has 12 nitrogen and oxygen atoms in total. The molecule has 0 aromatic rings. The number of nitrogens with zero attached hydrogens (tertiary/aromatic N) is 1. The second-order valence-corrected chi connectivity index (χ2v) is 6.94. The molecule has 0 radical (unpaired) electrons. The van der Waals surface area contributed by atoms with Gasteiger partial charge >= 0.3 is 6.09 Å². The van der Waals surface area contributed by atoms with E-state index in [4.69, 9.17) is 51.1 Å². The topological polar surface area (TPSA) is 134 Å². The van der Waals surface area contributed by atoms with Crippen molar-refractivity contribution in [3.05, 3.63) is 0 Å². The van der Waals surface area contributed by atoms with Crippen LogP contribution in [-0.2, 0) is 38.0 Å². The minimum Gasteiger partial charge on any atom is -0.465 e. The van der Waals surface area contributed by atoms with Gasteiger partial charge in [0.15, 0.2) is 0 Å². The van der Waals surface area contributed by atoms with Gasteiger partial charge in [-0.1, -0.05) is 11.8 Å². The molecule has 0 aliphatic carbocycles. The Morgan fingerprint density at radius 1 is 0.639 bits per heavy atom. The fourth-order valence-corrected chi connectivity index (χ4v) is 2.50. The summed E-state index contributed by atoms with van der Waals surface area (Å²) in [6.07, 6.45) is 9.22. The SMILES string of the molecule is C#CCOCCOCCOCCN(CCOCCOCCOCC#C)C(=O)CCOCCNC(=O)O. The predicted octanol–water partition coefficient (Wildman–Crippen LogP) is -0.145. The lowest BCUT2D eigenvalue weighted by atomic mass is 10.3. The van der Waals surface area contributed by atoms with Crippen molar-refractivity contribution >= 4 is 12.0 Å². The Hall–Kier alpha value is -2.42. The van der Waals surface area contributed by atoms with Gasteiger partial charge in [-0.05, 0) is 0 Å². The molecule has 0 atom stereocenters. The van der Waals surface area contributed by atoms with Gasteiger partial charge in [-0.15, -0.1) is 12.8 Å². The summed E-state index contributed by atoms with van der Waals surface area (Å²) < 4.78 is 37.3. The van der Waals surface area contributed by atoms with Crippen molar-refractivity contribution in [3.63, 3.8) is 0 Å². The van der Waals surface area contributed by atoms with Crippen molar-refractivity contribution < 1.29 is 47.9 Å². The summed E-state index contributed by atoms with van der Waals surface area (Å²) in [5, 5.41) is 10.7. The highest BCUT2D eigenvalue weighted by Gasteiger charge is 2.13. The van der Waals surface area contributed by atoms with Crippen LogP contribution >= 0.6 is 0 Å². The number of nitrogens with one attached hydrogen (secondary N) is 1. The third-order valence-corrected chi connectivity index (χ3v) is 4.21. The number of hydrogen-bond acceptors (Lipinski definition) is 9. The molecule has 0 bridgehead atoms. The van der Waals surface area contributed by atoms with E-state index >= 15 is 0 Å². The summed E-state index contributed by atoms with van der Waals surface area (Å²) in [6.45, 7) is 5.77. The number of rotatable bonds is 26. The van der Waals surface area contributed by atoms with Crippen LogP contribution in [-0.4, -0.2) is 134 Å². The molecule has 0 rings (SSSR count). The maximum atomic E-state index is 12.6. The number of ether oxygens (including phenoxy) is 7. The Labute approximate surface area is 213 Å². The van der Waals surface area contributed by atoms with E-state index in [0.717, 1.165) is 0 Å². The Morgan fingerprint density at radius 3 is 1.50 bits per heavy atom. The zero-order valence-corrected chi connectivity index (χ0v) is 21.0. The molecule has 0 unspecified atom stereocenters. The van der Waals surface area contributed by atoms with Crippen molar-refractivity contribution in [1.82, 2.24) is 10.2 Å². The molecule has 2 N–H and O–H groups in total. The average Bonchev–Trinajstić information content (AvgIpc) is 2.86. The van der Waals surface area contributed by atoms with Crippen LogP contribution in [0.15, 0.2) is 0 Å². The van der Waals surface area contributed by atoms with Gasteiger partial charge in [0.1, 0.15) is 13.2 Å². The number of amides is 2. The van der Waals surface area contributed by atoms with Gasteiger partial charge in [-0.3, -0.25) is 4.79 Å². The zero-order chi connectivity index (χ0) is 26.5. The minimum atomic E-state index is -1.12. The number of terminal acetylenes is 2. The first-order valence-electron chi connectivity index (χ1n) is 11.8. The Bertz CT molecular complexity index is 587. The molecule has 0 aliphatic rings. The van der Waals surface area contributed by atoms with Gasteiger partial charge in [0.05, 0.1) is 85.7 Å². The number of hydrogen-bond donors (Lipinski definition) is 2. The van der Waals surface area contributed by atoms with E-state index < -0.39 is 6.09 Å². The van der Waals surface area contributed by atoms with Crippen molar-refractivity contribution in [2.24, 2.45) is 0 Å². The lowest BCUT2D eigenvalue weighted by Crippen LogP contribution is -2.37. The monoisotopic (exact) mass is 516 g/mol. The van der Waals surface area contributed by atoms with Gasteiger partial charge in [0, 0.05) is 19.6 Å². The number of carboxylic acid groups (broad SMARTS) is 1. The van der Waals surface area contributed by atoms with E-state index in [-0.39, 0.29) is 45.3 Å². The molecular weight excluding hydrogens is 476 g/mol. The molecular formula is C24H40N2O10. The van der Waals surface area contributed by atoms with Crippen LogP contribution in [0.3, 0.4) is 0 Å². The maximum Gasteiger partial charge on any atom is 0.404 e. The Morgan fingerprint density at radius 2 is 1.06 bits per heavy atom. The molecule has 0 aliphatic heterocycles. The second-order valence-electron chi connectivity index (χ2n) is 6.94. The fraction of sp³-hybridized carbons (Fsp3) is 0.750. The van der Waals surface area contributed by atoms with Gasteiger partial charge < -0.3 is 48.5 Å². The van der Waals surface area contributed by atoms with Gasteiger partial charge in [0.25, 0.3) is 0 Å². The molecule has 0 saturated heterocycles. The van der Waals surface area contributed by atoms with Crippen LogP contribution in [0.1, 0.15) is 6.42 Å². The van der Waals surface area contributed by atoms with Crippen LogP contribution in [0.2, 0.25) is 0 Å². The molecule has 0 fully saturated rings. The molecule has 36 heavy (non-hydrogen) atoms. The number of carbonyl (C=O) groups excluding carboxylic acids is 1. The lowest BCUT2D eigenvalue weighted by Gasteiger charge is -2.23. The summed E-state index contributed by atoms with van der Waals surface area (Å²) in [5.41, 5.74) is 0. The minimum absolute atomic E-state index is 0.114. The van der Waals surface area contributed by atoms with Crippen molar-refractivity contribution in [1.29, 1.82) is 0 Å². The van der Waals surface area contributed by atoms with E-state index in [2.05, 4.69) is 17.2 Å². The van der Waals surface area contributed by atoms with Crippen LogP contribution in [0, 0.1) is 24.7 Å². The molecule has 0 aromatic heterocycles. The van der Waals surface area contributed by atoms with Crippen LogP contribution in [0.5, 0.6) is 0 Å². The zero-order valence-electron chi connectivity index (χ0n) is 21.0. The third kappa shape index (κ3) is 24.7. The molecule has 0 saturated carbocycles.